The van der Waals surface area contributed by atoms with Gasteiger partial charge in [0.05, 0.1) is 6.61 Å². The topological polar surface area (TPSA) is 152 Å². The molecule has 0 saturated carbocycles. The molecular formula is C13H12N4O7. The Morgan fingerprint density at radius 3 is 2.33 bits per heavy atom. The maximum Gasteiger partial charge on any atom is 0.631 e. The van der Waals surface area contributed by atoms with Crippen molar-refractivity contribution in [2.75, 3.05) is 6.61 Å². The molecule has 0 spiro atoms. The van der Waals surface area contributed by atoms with Gasteiger partial charge in [-0.1, -0.05) is 35.0 Å². The van der Waals surface area contributed by atoms with E-state index in [2.05, 4.69) is 19.4 Å². The number of benzene rings is 1. The summed E-state index contributed by atoms with van der Waals surface area (Å²) < 4.78 is 9.12. The van der Waals surface area contributed by atoms with Gasteiger partial charge in [0, 0.05) is 5.56 Å². The van der Waals surface area contributed by atoms with Gasteiger partial charge in [-0.2, -0.15) is 4.98 Å². The molecule has 0 aliphatic heterocycles. The summed E-state index contributed by atoms with van der Waals surface area (Å²) in [6.45, 7) is 2.91. The van der Waals surface area contributed by atoms with Crippen molar-refractivity contribution in [3.05, 3.63) is 55.9 Å². The van der Waals surface area contributed by atoms with Crippen molar-refractivity contribution in [3.8, 4) is 11.4 Å². The number of aromatic nitrogens is 2. The van der Waals surface area contributed by atoms with E-state index in [4.69, 9.17) is 0 Å². The smallest absolute Gasteiger partial charge is 0.455 e. The number of nitrogens with zero attached hydrogens (tertiary/aromatic N) is 4. The van der Waals surface area contributed by atoms with Gasteiger partial charge in [-0.15, -0.1) is 0 Å². The van der Waals surface area contributed by atoms with Gasteiger partial charge in [-0.3, -0.25) is 20.2 Å². The molecule has 2 rings (SSSR count). The van der Waals surface area contributed by atoms with E-state index in [-0.39, 0.29) is 12.4 Å². The highest BCUT2D eigenvalue weighted by atomic mass is 16.7. The van der Waals surface area contributed by atoms with Crippen LogP contribution in [0.3, 0.4) is 0 Å². The third-order valence-corrected chi connectivity index (χ3v) is 3.12. The van der Waals surface area contributed by atoms with Crippen molar-refractivity contribution >= 4 is 5.97 Å². The highest BCUT2D eigenvalue weighted by molar-refractivity contribution is 5.77. The molecule has 1 aromatic heterocycles. The number of carbonyl (C=O) groups is 1. The molecule has 0 fully saturated rings. The molecule has 24 heavy (non-hydrogen) atoms. The summed E-state index contributed by atoms with van der Waals surface area (Å²) in [5, 5.41) is 26.1. The molecular weight excluding hydrogens is 324 g/mol. The van der Waals surface area contributed by atoms with E-state index in [1.54, 1.807) is 24.3 Å². The lowest BCUT2D eigenvalue weighted by Gasteiger charge is -2.11. The summed E-state index contributed by atoms with van der Waals surface area (Å²) >= 11 is 0. The number of hydrogen-bond donors (Lipinski definition) is 0. The number of rotatable bonds is 6. The average Bonchev–Trinajstić information content (AvgIpc) is 2.98. The van der Waals surface area contributed by atoms with Crippen LogP contribution in [0, 0.1) is 27.2 Å². The molecule has 0 amide bonds. The first-order valence-electron chi connectivity index (χ1n) is 6.71. The van der Waals surface area contributed by atoms with Gasteiger partial charge in [0.15, 0.2) is 0 Å². The standard InChI is InChI=1S/C13H12N4O7/c1-3-23-12(18)13(16(19)20,17(21)22)11-14-10(15-24-11)9-6-4-8(2)5-7-9/h4-7H,3H2,1-2H3. The fraction of sp³-hybridized carbons (Fsp3) is 0.308. The van der Waals surface area contributed by atoms with E-state index in [0.717, 1.165) is 5.56 Å². The van der Waals surface area contributed by atoms with Crippen LogP contribution in [0.5, 0.6) is 0 Å². The molecule has 0 N–H and O–H groups in total. The first kappa shape index (κ1) is 17.0. The summed E-state index contributed by atoms with van der Waals surface area (Å²) in [6.07, 6.45) is 0. The molecule has 1 aromatic carbocycles. The minimum absolute atomic E-state index is 0.123. The monoisotopic (exact) mass is 336 g/mol. The van der Waals surface area contributed by atoms with Gasteiger partial charge < -0.3 is 9.26 Å². The fourth-order valence-electron chi connectivity index (χ4n) is 1.88. The molecule has 11 nitrogen and oxygen atoms in total. The second kappa shape index (κ2) is 6.40. The molecule has 0 radical (unpaired) electrons. The first-order valence-corrected chi connectivity index (χ1v) is 6.71. The van der Waals surface area contributed by atoms with Gasteiger partial charge in [0.2, 0.25) is 5.82 Å². The van der Waals surface area contributed by atoms with Gasteiger partial charge in [0.25, 0.3) is 0 Å². The summed E-state index contributed by atoms with van der Waals surface area (Å²) in [4.78, 5) is 35.3. The zero-order valence-electron chi connectivity index (χ0n) is 12.7. The van der Waals surface area contributed by atoms with E-state index < -0.39 is 27.4 Å². The Bertz CT molecular complexity index is 770. The fourth-order valence-corrected chi connectivity index (χ4v) is 1.88. The largest absolute Gasteiger partial charge is 0.631 e. The Labute approximate surface area is 134 Å². The molecule has 1 heterocycles. The average molecular weight is 336 g/mol. The summed E-state index contributed by atoms with van der Waals surface area (Å²) in [6, 6.07) is 6.67. The van der Waals surface area contributed by atoms with Gasteiger partial charge in [-0.25, -0.2) is 4.79 Å². The third-order valence-electron chi connectivity index (χ3n) is 3.12. The van der Waals surface area contributed by atoms with Crippen molar-refractivity contribution in [1.29, 1.82) is 0 Å². The quantitative estimate of drug-likeness (QED) is 0.329. The van der Waals surface area contributed by atoms with Gasteiger partial charge in [-0.05, 0) is 13.8 Å². The van der Waals surface area contributed by atoms with E-state index in [1.165, 1.54) is 6.92 Å². The highest BCUT2D eigenvalue weighted by Gasteiger charge is 2.73. The Kier molecular flexibility index (Phi) is 4.53. The zero-order chi connectivity index (χ0) is 17.9. The van der Waals surface area contributed by atoms with E-state index >= 15 is 0 Å². The van der Waals surface area contributed by atoms with Crippen LogP contribution in [0.1, 0.15) is 18.4 Å². The number of esters is 1. The minimum Gasteiger partial charge on any atom is -0.455 e. The normalized spacial score (nSPS) is 11.1. The number of nitro groups is 2. The lowest BCUT2D eigenvalue weighted by Crippen LogP contribution is -2.51. The van der Waals surface area contributed by atoms with Crippen LogP contribution in [0.25, 0.3) is 11.4 Å². The maximum atomic E-state index is 11.9. The predicted octanol–water partition coefficient (Wildman–Crippen LogP) is 1.31. The number of aryl methyl sites for hydroxylation is 1. The summed E-state index contributed by atoms with van der Waals surface area (Å²) in [5.41, 5.74) is -2.15. The Morgan fingerprint density at radius 2 is 1.83 bits per heavy atom. The summed E-state index contributed by atoms with van der Waals surface area (Å²) in [5.74, 6) is -2.91. The highest BCUT2D eigenvalue weighted by Crippen LogP contribution is 2.28. The van der Waals surface area contributed by atoms with Crippen LogP contribution < -0.4 is 0 Å². The van der Waals surface area contributed by atoms with Crippen LogP contribution in [0.2, 0.25) is 0 Å². The van der Waals surface area contributed by atoms with E-state index in [1.807, 2.05) is 6.92 Å². The van der Waals surface area contributed by atoms with Crippen molar-refractivity contribution < 1.29 is 23.9 Å². The Hall–Kier alpha value is -3.37. The second-order valence-corrected chi connectivity index (χ2v) is 4.70. The van der Waals surface area contributed by atoms with Crippen LogP contribution in [-0.4, -0.2) is 32.6 Å². The molecule has 2 aromatic rings. The molecule has 0 saturated heterocycles. The maximum absolute atomic E-state index is 11.9. The molecule has 0 aliphatic carbocycles. The van der Waals surface area contributed by atoms with Crippen LogP contribution in [0.4, 0.5) is 0 Å². The molecule has 0 atom stereocenters. The van der Waals surface area contributed by atoms with Gasteiger partial charge >= 0.3 is 17.5 Å². The Morgan fingerprint density at radius 1 is 1.25 bits per heavy atom. The SMILES string of the molecule is CCOC(=O)C(c1nc(-c2ccc(C)cc2)no1)([N+](=O)[O-])[N+](=O)[O-]. The van der Waals surface area contributed by atoms with Crippen molar-refractivity contribution in [2.45, 2.75) is 19.5 Å². The molecule has 11 heteroatoms. The van der Waals surface area contributed by atoms with Crippen LogP contribution in [-0.2, 0) is 15.2 Å². The lowest BCUT2D eigenvalue weighted by molar-refractivity contribution is -0.794. The zero-order valence-corrected chi connectivity index (χ0v) is 12.7. The number of hydrogen-bond acceptors (Lipinski definition) is 9. The Balaban J connectivity index is 2.56. The molecule has 0 unspecified atom stereocenters. The second-order valence-electron chi connectivity index (χ2n) is 4.70. The minimum atomic E-state index is -3.51. The first-order chi connectivity index (χ1) is 11.3. The van der Waals surface area contributed by atoms with Crippen LogP contribution >= 0.6 is 0 Å². The predicted molar refractivity (Wildman–Crippen MR) is 76.8 cm³/mol. The molecule has 126 valence electrons. The molecule has 0 bridgehead atoms. The van der Waals surface area contributed by atoms with Crippen molar-refractivity contribution in [3.63, 3.8) is 0 Å². The van der Waals surface area contributed by atoms with E-state index in [9.17, 15) is 25.0 Å². The van der Waals surface area contributed by atoms with E-state index in [0.29, 0.717) is 5.56 Å². The van der Waals surface area contributed by atoms with Gasteiger partial charge in [0.1, 0.15) is 9.85 Å². The number of ether oxygens (including phenoxy) is 1. The third kappa shape index (κ3) is 2.66. The number of carbonyl (C=O) groups excluding carboxylic acids is 1. The van der Waals surface area contributed by atoms with Crippen molar-refractivity contribution in [2.24, 2.45) is 0 Å². The van der Waals surface area contributed by atoms with Crippen molar-refractivity contribution in [1.82, 2.24) is 10.1 Å². The summed E-state index contributed by atoms with van der Waals surface area (Å²) in [7, 11) is 0. The molecule has 0 aliphatic rings. The lowest BCUT2D eigenvalue weighted by atomic mass is 10.1. The van der Waals surface area contributed by atoms with Crippen LogP contribution in [0.15, 0.2) is 28.8 Å².